The van der Waals surface area contributed by atoms with Gasteiger partial charge in [-0.2, -0.15) is 0 Å². The van der Waals surface area contributed by atoms with E-state index in [9.17, 15) is 0 Å². The number of aromatic nitrogens is 3. The molecule has 0 spiro atoms. The standard InChI is InChI=1S/C20H16NO.2C13H12N.Ir/c1-13(2)14-10-11-21-18(12-14)17-8-5-7-16-15-6-3-4-9-19(15)22-20(16)17;2*1-10-8-13(14-9-11(10)2)12-6-4-3-5-7-12;/h3-7,9-13H,1-2H3;2*3-6,8-9H,1-2H3;/q3*-1;+3. The minimum Gasteiger partial charge on any atom is -0.501 e. The summed E-state index contributed by atoms with van der Waals surface area (Å²) in [5.41, 5.74) is 14.0. The number of rotatable bonds is 4. The largest absolute Gasteiger partial charge is 3.00 e. The summed E-state index contributed by atoms with van der Waals surface area (Å²) >= 11 is 0. The molecule has 0 saturated carbocycles. The van der Waals surface area contributed by atoms with Gasteiger partial charge in [0, 0.05) is 24.0 Å². The van der Waals surface area contributed by atoms with E-state index in [2.05, 4.69) is 111 Å². The minimum absolute atomic E-state index is 0. The summed E-state index contributed by atoms with van der Waals surface area (Å²) in [5.74, 6) is 0.469. The maximum Gasteiger partial charge on any atom is 3.00 e. The van der Waals surface area contributed by atoms with Crippen molar-refractivity contribution in [2.75, 3.05) is 0 Å². The SMILES string of the molecule is CC(C)c1ccnc(-c2[c-]ccc3c2oc2ccccc23)c1.Cc1cnc(-c2[c-]cccc2)cc1C.Cc1cnc(-c2[c-]cccc2)cc1C.[Ir+3]. The number of pyridine rings is 3. The molecule has 0 aliphatic carbocycles. The molecule has 0 amide bonds. The number of benzene rings is 4. The molecule has 0 N–H and O–H groups in total. The first-order valence-electron chi connectivity index (χ1n) is 16.9. The van der Waals surface area contributed by atoms with Gasteiger partial charge in [-0.05, 0) is 74.0 Å². The second kappa shape index (κ2) is 17.1. The third-order valence-corrected chi connectivity index (χ3v) is 8.76. The molecule has 254 valence electrons. The minimum atomic E-state index is 0. The number of para-hydroxylation sites is 1. The number of aryl methyl sites for hydroxylation is 4. The normalized spacial score (nSPS) is 10.6. The first-order chi connectivity index (χ1) is 24.3. The van der Waals surface area contributed by atoms with Crippen LogP contribution in [0.15, 0.2) is 132 Å². The zero-order valence-corrected chi connectivity index (χ0v) is 32.2. The molecular formula is C46H40IrN3O. The Hall–Kier alpha value is -5.22. The van der Waals surface area contributed by atoms with Crippen molar-refractivity contribution in [1.82, 2.24) is 15.0 Å². The van der Waals surface area contributed by atoms with E-state index in [0.717, 1.165) is 55.7 Å². The Morgan fingerprint density at radius 1 is 0.549 bits per heavy atom. The quantitative estimate of drug-likeness (QED) is 0.166. The van der Waals surface area contributed by atoms with E-state index in [1.807, 2.05) is 91.4 Å². The van der Waals surface area contributed by atoms with Crippen molar-refractivity contribution in [3.05, 3.63) is 174 Å². The maximum absolute atomic E-state index is 6.07. The second-order valence-electron chi connectivity index (χ2n) is 12.7. The Kier molecular flexibility index (Phi) is 12.4. The van der Waals surface area contributed by atoms with E-state index >= 15 is 0 Å². The second-order valence-corrected chi connectivity index (χ2v) is 12.7. The van der Waals surface area contributed by atoms with Gasteiger partial charge in [0.25, 0.3) is 0 Å². The van der Waals surface area contributed by atoms with Crippen LogP contribution in [0.5, 0.6) is 0 Å². The molecule has 8 rings (SSSR count). The number of nitrogens with zero attached hydrogens (tertiary/aromatic N) is 3. The summed E-state index contributed by atoms with van der Waals surface area (Å²) < 4.78 is 6.07. The van der Waals surface area contributed by atoms with Crippen LogP contribution >= 0.6 is 0 Å². The van der Waals surface area contributed by atoms with Crippen LogP contribution in [0, 0.1) is 45.9 Å². The van der Waals surface area contributed by atoms with E-state index in [4.69, 9.17) is 4.42 Å². The van der Waals surface area contributed by atoms with Gasteiger partial charge >= 0.3 is 20.1 Å². The first kappa shape index (κ1) is 37.0. The number of furan rings is 1. The van der Waals surface area contributed by atoms with Crippen LogP contribution in [0.2, 0.25) is 0 Å². The molecule has 51 heavy (non-hydrogen) atoms. The summed E-state index contributed by atoms with van der Waals surface area (Å²) in [5, 5.41) is 2.24. The van der Waals surface area contributed by atoms with Gasteiger partial charge in [0.1, 0.15) is 5.58 Å². The molecule has 8 aromatic rings. The Morgan fingerprint density at radius 3 is 1.69 bits per heavy atom. The summed E-state index contributed by atoms with van der Waals surface area (Å²) in [7, 11) is 0. The third-order valence-electron chi connectivity index (χ3n) is 8.76. The molecule has 0 fully saturated rings. The number of fused-ring (bicyclic) bond motifs is 3. The average Bonchev–Trinajstić information content (AvgIpc) is 3.54. The van der Waals surface area contributed by atoms with Gasteiger partial charge < -0.3 is 19.4 Å². The van der Waals surface area contributed by atoms with Crippen LogP contribution in [0.4, 0.5) is 0 Å². The van der Waals surface area contributed by atoms with Crippen molar-refractivity contribution >= 4 is 21.9 Å². The summed E-state index contributed by atoms with van der Waals surface area (Å²) in [4.78, 5) is 13.3. The smallest absolute Gasteiger partial charge is 0.501 e. The summed E-state index contributed by atoms with van der Waals surface area (Å²) in [6.07, 6.45) is 5.68. The topological polar surface area (TPSA) is 51.8 Å². The van der Waals surface area contributed by atoms with Gasteiger partial charge in [0.2, 0.25) is 0 Å². The van der Waals surface area contributed by atoms with Gasteiger partial charge in [-0.3, -0.25) is 0 Å². The number of hydrogen-bond donors (Lipinski definition) is 0. The van der Waals surface area contributed by atoms with Crippen molar-refractivity contribution in [3.63, 3.8) is 0 Å². The Morgan fingerprint density at radius 2 is 1.14 bits per heavy atom. The van der Waals surface area contributed by atoms with Gasteiger partial charge in [-0.15, -0.1) is 90.0 Å². The van der Waals surface area contributed by atoms with E-state index in [1.54, 1.807) is 0 Å². The first-order valence-corrected chi connectivity index (χ1v) is 16.9. The molecule has 0 bridgehead atoms. The molecule has 0 atom stereocenters. The Balaban J connectivity index is 0.000000153. The molecule has 0 saturated heterocycles. The van der Waals surface area contributed by atoms with Crippen LogP contribution in [0.25, 0.3) is 55.7 Å². The van der Waals surface area contributed by atoms with Crippen LogP contribution in [-0.4, -0.2) is 15.0 Å². The molecule has 5 heteroatoms. The van der Waals surface area contributed by atoms with Crippen LogP contribution < -0.4 is 0 Å². The molecule has 4 aromatic heterocycles. The predicted molar refractivity (Wildman–Crippen MR) is 206 cm³/mol. The van der Waals surface area contributed by atoms with Crippen molar-refractivity contribution in [1.29, 1.82) is 0 Å². The molecule has 0 aliphatic heterocycles. The van der Waals surface area contributed by atoms with E-state index < -0.39 is 0 Å². The van der Waals surface area contributed by atoms with Crippen molar-refractivity contribution in [3.8, 4) is 33.8 Å². The van der Waals surface area contributed by atoms with E-state index in [-0.39, 0.29) is 20.1 Å². The van der Waals surface area contributed by atoms with Gasteiger partial charge in [-0.25, -0.2) is 0 Å². The zero-order chi connectivity index (χ0) is 35.0. The van der Waals surface area contributed by atoms with E-state index in [1.165, 1.54) is 27.8 Å². The van der Waals surface area contributed by atoms with Crippen molar-refractivity contribution in [2.45, 2.75) is 47.5 Å². The van der Waals surface area contributed by atoms with E-state index in [0.29, 0.717) is 5.92 Å². The van der Waals surface area contributed by atoms with Gasteiger partial charge in [0.05, 0.1) is 5.58 Å². The molecule has 4 heterocycles. The average molecular weight is 843 g/mol. The molecule has 4 nitrogen and oxygen atoms in total. The molecule has 0 unspecified atom stereocenters. The van der Waals surface area contributed by atoms with Crippen LogP contribution in [-0.2, 0) is 20.1 Å². The number of hydrogen-bond acceptors (Lipinski definition) is 4. The molecular weight excluding hydrogens is 803 g/mol. The van der Waals surface area contributed by atoms with Gasteiger partial charge in [-0.1, -0.05) is 77.9 Å². The van der Waals surface area contributed by atoms with Crippen LogP contribution in [0.3, 0.4) is 0 Å². The zero-order valence-electron chi connectivity index (χ0n) is 29.8. The maximum atomic E-state index is 6.07. The molecule has 4 aromatic carbocycles. The van der Waals surface area contributed by atoms with Crippen LogP contribution in [0.1, 0.15) is 47.6 Å². The molecule has 0 aliphatic rings. The third kappa shape index (κ3) is 8.93. The monoisotopic (exact) mass is 843 g/mol. The Bertz CT molecular complexity index is 2260. The Labute approximate surface area is 315 Å². The fourth-order valence-corrected chi connectivity index (χ4v) is 5.47. The van der Waals surface area contributed by atoms with Crippen molar-refractivity contribution in [2.24, 2.45) is 0 Å². The van der Waals surface area contributed by atoms with Crippen molar-refractivity contribution < 1.29 is 24.5 Å². The predicted octanol–water partition coefficient (Wildman–Crippen LogP) is 11.9. The fraction of sp³-hybridized carbons (Fsp3) is 0.152. The summed E-state index contributed by atoms with van der Waals surface area (Å²) in [6.45, 7) is 12.7. The molecule has 0 radical (unpaired) electrons. The fourth-order valence-electron chi connectivity index (χ4n) is 5.47. The summed E-state index contributed by atoms with van der Waals surface area (Å²) in [6, 6.07) is 45.9. The van der Waals surface area contributed by atoms with Gasteiger partial charge in [0.15, 0.2) is 0 Å².